The van der Waals surface area contributed by atoms with E-state index in [1.807, 2.05) is 0 Å². The summed E-state index contributed by atoms with van der Waals surface area (Å²) in [6, 6.07) is -1.14. The highest BCUT2D eigenvalue weighted by Crippen LogP contribution is 2.23. The fourth-order valence-electron chi connectivity index (χ4n) is 1.67. The third kappa shape index (κ3) is 0.944. The van der Waals surface area contributed by atoms with Gasteiger partial charge < -0.3 is 4.74 Å². The van der Waals surface area contributed by atoms with Crippen molar-refractivity contribution in [1.82, 2.24) is 21.7 Å². The Balaban J connectivity index is 2.33. The predicted molar refractivity (Wildman–Crippen MR) is 41.9 cm³/mol. The second-order valence-electron chi connectivity index (χ2n) is 3.05. The highest BCUT2D eigenvalue weighted by molar-refractivity contribution is 5.82. The molecule has 2 fully saturated rings. The lowest BCUT2D eigenvalue weighted by Gasteiger charge is -2.24. The molecule has 0 radical (unpaired) electrons. The molecular weight excluding hydrogens is 194 g/mol. The molecule has 2 aliphatic rings. The summed E-state index contributed by atoms with van der Waals surface area (Å²) in [5.74, 6) is -0.737. The molecule has 1 unspecified atom stereocenters. The predicted octanol–water partition coefficient (Wildman–Crippen LogP) is -2.96. The third-order valence-corrected chi connectivity index (χ3v) is 2.34. The molecule has 1 atom stereocenters. The zero-order chi connectivity index (χ0) is 10.3. The number of nitro groups is 1. The largest absolute Gasteiger partial charge is 0.466 e. The van der Waals surface area contributed by atoms with Crippen LogP contribution in [0, 0.1) is 10.1 Å². The summed E-state index contributed by atoms with van der Waals surface area (Å²) in [5, 5.41) is 10.7. The first-order chi connectivity index (χ1) is 6.62. The molecule has 0 amide bonds. The zero-order valence-corrected chi connectivity index (χ0v) is 7.23. The van der Waals surface area contributed by atoms with Crippen molar-refractivity contribution in [3.63, 3.8) is 0 Å². The van der Waals surface area contributed by atoms with E-state index in [1.165, 1.54) is 7.11 Å². The minimum Gasteiger partial charge on any atom is -0.466 e. The maximum absolute atomic E-state index is 11.4. The molecular formula is C5H9N5O4. The number of fused-ring (bicyclic) bond motifs is 2. The summed E-state index contributed by atoms with van der Waals surface area (Å²) in [6.07, 6.45) is -0.635. The van der Waals surface area contributed by atoms with Crippen LogP contribution in [0.15, 0.2) is 0 Å². The Labute approximate surface area is 78.3 Å². The summed E-state index contributed by atoms with van der Waals surface area (Å²) in [5.41, 5.74) is 8.65. The van der Waals surface area contributed by atoms with Crippen molar-refractivity contribution in [3.05, 3.63) is 10.1 Å². The van der Waals surface area contributed by atoms with Crippen LogP contribution < -0.4 is 21.7 Å². The van der Waals surface area contributed by atoms with Gasteiger partial charge in [-0.25, -0.2) is 26.5 Å². The summed E-state index contributed by atoms with van der Waals surface area (Å²) >= 11 is 0. The monoisotopic (exact) mass is 203 g/mol. The van der Waals surface area contributed by atoms with Gasteiger partial charge in [0.1, 0.15) is 0 Å². The van der Waals surface area contributed by atoms with Gasteiger partial charge in [-0.1, -0.05) is 0 Å². The first-order valence-electron chi connectivity index (χ1n) is 3.89. The van der Waals surface area contributed by atoms with E-state index >= 15 is 0 Å². The molecule has 9 nitrogen and oxygen atoms in total. The number of ether oxygens (including phenoxy) is 1. The van der Waals surface area contributed by atoms with Crippen molar-refractivity contribution >= 4 is 5.97 Å². The smallest absolute Gasteiger partial charge is 0.351 e. The molecule has 14 heavy (non-hydrogen) atoms. The van der Waals surface area contributed by atoms with Gasteiger partial charge in [-0.2, -0.15) is 0 Å². The van der Waals surface area contributed by atoms with E-state index in [-0.39, 0.29) is 0 Å². The van der Waals surface area contributed by atoms with Gasteiger partial charge in [0, 0.05) is 4.92 Å². The maximum Gasteiger partial charge on any atom is 0.351 e. The van der Waals surface area contributed by atoms with Gasteiger partial charge in [0.25, 0.3) is 11.7 Å². The van der Waals surface area contributed by atoms with Crippen LogP contribution in [-0.2, 0) is 9.53 Å². The number of methoxy groups -OCH3 is 1. The number of nitrogens with one attached hydrogen (secondary N) is 4. The first-order valence-corrected chi connectivity index (χ1v) is 3.89. The lowest BCUT2D eigenvalue weighted by molar-refractivity contribution is -0.527. The van der Waals surface area contributed by atoms with E-state index in [9.17, 15) is 14.9 Å². The Hall–Kier alpha value is -1.29. The van der Waals surface area contributed by atoms with E-state index in [4.69, 9.17) is 0 Å². The number of carbonyl (C=O) groups is 1. The van der Waals surface area contributed by atoms with E-state index in [2.05, 4.69) is 26.4 Å². The minimum absolute atomic E-state index is 0.540. The van der Waals surface area contributed by atoms with Gasteiger partial charge in [0.15, 0.2) is 6.17 Å². The summed E-state index contributed by atoms with van der Waals surface area (Å²) < 4.78 is 4.49. The van der Waals surface area contributed by atoms with Gasteiger partial charge in [-0.15, -0.1) is 0 Å². The van der Waals surface area contributed by atoms with Crippen LogP contribution in [0.3, 0.4) is 0 Å². The minimum atomic E-state index is -1.52. The molecule has 0 aliphatic carbocycles. The SMILES string of the molecule is COC(=O)C12NNC(NN1)C2[N+](=O)[O-]. The van der Waals surface area contributed by atoms with Crippen molar-refractivity contribution in [3.8, 4) is 0 Å². The molecule has 4 N–H and O–H groups in total. The molecule has 0 saturated carbocycles. The third-order valence-electron chi connectivity index (χ3n) is 2.34. The zero-order valence-electron chi connectivity index (χ0n) is 7.23. The first kappa shape index (κ1) is 9.27. The van der Waals surface area contributed by atoms with Crippen molar-refractivity contribution in [2.45, 2.75) is 17.9 Å². The number of hydrazine groups is 2. The van der Waals surface area contributed by atoms with Crippen molar-refractivity contribution < 1.29 is 14.5 Å². The summed E-state index contributed by atoms with van der Waals surface area (Å²) in [6.45, 7) is 0. The maximum atomic E-state index is 11.4. The highest BCUT2D eigenvalue weighted by Gasteiger charge is 2.67. The number of carbonyl (C=O) groups excluding carboxylic acids is 1. The van der Waals surface area contributed by atoms with Crippen LogP contribution in [0.5, 0.6) is 0 Å². The van der Waals surface area contributed by atoms with Crippen LogP contribution in [0.2, 0.25) is 0 Å². The van der Waals surface area contributed by atoms with E-state index in [0.717, 1.165) is 0 Å². The van der Waals surface area contributed by atoms with Gasteiger partial charge in [-0.3, -0.25) is 10.1 Å². The van der Waals surface area contributed by atoms with E-state index < -0.39 is 28.8 Å². The van der Waals surface area contributed by atoms with Gasteiger partial charge in [0.2, 0.25) is 0 Å². The fourth-order valence-corrected chi connectivity index (χ4v) is 1.67. The normalized spacial score (nSPS) is 39.8. The number of hydrogen-bond acceptors (Lipinski definition) is 8. The Morgan fingerprint density at radius 3 is 2.50 bits per heavy atom. The van der Waals surface area contributed by atoms with Crippen LogP contribution >= 0.6 is 0 Å². The van der Waals surface area contributed by atoms with Crippen LogP contribution in [0.25, 0.3) is 0 Å². The molecule has 2 heterocycles. The van der Waals surface area contributed by atoms with Gasteiger partial charge >= 0.3 is 5.97 Å². The standard InChI is InChI=1S/C5H9N5O4/c1-14-4(11)5-2(10(12)13)3(6-8-5)7-9-5/h2-3,6-9H,1H3. The number of rotatable bonds is 2. The summed E-state index contributed by atoms with van der Waals surface area (Å²) in [4.78, 5) is 21.6. The Bertz CT molecular complexity index is 286. The topological polar surface area (TPSA) is 118 Å². The summed E-state index contributed by atoms with van der Waals surface area (Å²) in [7, 11) is 1.17. The van der Waals surface area contributed by atoms with Gasteiger partial charge in [0.05, 0.1) is 7.11 Å². The Morgan fingerprint density at radius 2 is 2.07 bits per heavy atom. The second kappa shape index (κ2) is 2.85. The molecule has 78 valence electrons. The lowest BCUT2D eigenvalue weighted by atomic mass is 10.0. The van der Waals surface area contributed by atoms with Crippen molar-refractivity contribution in [2.24, 2.45) is 0 Å². The molecule has 2 bridgehead atoms. The Morgan fingerprint density at radius 1 is 1.50 bits per heavy atom. The second-order valence-corrected chi connectivity index (χ2v) is 3.05. The molecule has 2 aliphatic heterocycles. The number of nitrogens with zero attached hydrogens (tertiary/aromatic N) is 1. The van der Waals surface area contributed by atoms with Crippen molar-refractivity contribution in [1.29, 1.82) is 0 Å². The number of esters is 1. The molecule has 9 heteroatoms. The molecule has 2 rings (SSSR count). The van der Waals surface area contributed by atoms with Crippen LogP contribution in [0.1, 0.15) is 0 Å². The average Bonchev–Trinajstić information content (AvgIpc) is 2.72. The lowest BCUT2D eigenvalue weighted by Crippen LogP contribution is -2.69. The van der Waals surface area contributed by atoms with E-state index in [1.54, 1.807) is 0 Å². The molecule has 2 saturated heterocycles. The van der Waals surface area contributed by atoms with Crippen LogP contribution in [0.4, 0.5) is 0 Å². The molecule has 0 aromatic carbocycles. The molecule has 0 aromatic heterocycles. The molecule has 0 aromatic rings. The van der Waals surface area contributed by atoms with Crippen molar-refractivity contribution in [2.75, 3.05) is 7.11 Å². The quantitative estimate of drug-likeness (QED) is 0.214. The van der Waals surface area contributed by atoms with E-state index in [0.29, 0.717) is 0 Å². The highest BCUT2D eigenvalue weighted by atomic mass is 16.6. The van der Waals surface area contributed by atoms with Gasteiger partial charge in [-0.05, 0) is 0 Å². The fraction of sp³-hybridized carbons (Fsp3) is 0.800. The number of hydrogen-bond donors (Lipinski definition) is 4. The van der Waals surface area contributed by atoms with Crippen LogP contribution in [-0.4, -0.2) is 35.9 Å². The average molecular weight is 203 g/mol. The Kier molecular flexibility index (Phi) is 1.89. The molecule has 0 spiro atoms.